The van der Waals surface area contributed by atoms with E-state index in [0.717, 1.165) is 11.5 Å². The largest absolute Gasteiger partial charge is 0.444 e. The molecule has 16 heavy (non-hydrogen) atoms. The van der Waals surface area contributed by atoms with Gasteiger partial charge in [-0.25, -0.2) is 4.79 Å². The van der Waals surface area contributed by atoms with Crippen molar-refractivity contribution in [1.29, 1.82) is 0 Å². The van der Waals surface area contributed by atoms with Crippen LogP contribution in [0.25, 0.3) is 0 Å². The molecule has 0 saturated heterocycles. The second-order valence-electron chi connectivity index (χ2n) is 5.02. The lowest BCUT2D eigenvalue weighted by atomic mass is 10.2. The molecule has 0 bridgehead atoms. The summed E-state index contributed by atoms with van der Waals surface area (Å²) in [5, 5.41) is 0. The first-order valence-corrected chi connectivity index (χ1v) is 6.97. The zero-order valence-electron chi connectivity index (χ0n) is 11.4. The van der Waals surface area contributed by atoms with Crippen molar-refractivity contribution in [2.24, 2.45) is 0 Å². The van der Waals surface area contributed by atoms with Crippen LogP contribution in [0.5, 0.6) is 0 Å². The van der Waals surface area contributed by atoms with Gasteiger partial charge >= 0.3 is 6.09 Å². The van der Waals surface area contributed by atoms with Gasteiger partial charge in [-0.05, 0) is 39.9 Å². The monoisotopic (exact) mass is 247 g/mol. The number of hydrogen-bond acceptors (Lipinski definition) is 3. The smallest absolute Gasteiger partial charge is 0.410 e. The number of nitrogens with zero attached hydrogens (tertiary/aromatic N) is 1. The highest BCUT2D eigenvalue weighted by molar-refractivity contribution is 7.99. The number of amides is 1. The van der Waals surface area contributed by atoms with Gasteiger partial charge in [0.15, 0.2) is 0 Å². The van der Waals surface area contributed by atoms with E-state index in [0.29, 0.717) is 0 Å². The van der Waals surface area contributed by atoms with E-state index in [1.165, 1.54) is 6.42 Å². The van der Waals surface area contributed by atoms with Gasteiger partial charge in [-0.15, -0.1) is 0 Å². The number of thioether (sulfide) groups is 1. The minimum Gasteiger partial charge on any atom is -0.444 e. The average molecular weight is 247 g/mol. The lowest BCUT2D eigenvalue weighted by molar-refractivity contribution is 0.0252. The highest BCUT2D eigenvalue weighted by Gasteiger charge is 2.22. The Bertz CT molecular complexity index is 214. The SMILES string of the molecule is CCCSCC(C)N(C)C(=O)OC(C)(C)C. The Hall–Kier alpha value is -0.380. The van der Waals surface area contributed by atoms with E-state index in [-0.39, 0.29) is 12.1 Å². The normalized spacial score (nSPS) is 13.4. The van der Waals surface area contributed by atoms with E-state index < -0.39 is 5.60 Å². The van der Waals surface area contributed by atoms with Gasteiger partial charge in [0.05, 0.1) is 0 Å². The van der Waals surface area contributed by atoms with Crippen LogP contribution in [-0.2, 0) is 4.74 Å². The lowest BCUT2D eigenvalue weighted by Gasteiger charge is -2.28. The molecule has 0 spiro atoms. The van der Waals surface area contributed by atoms with Crippen molar-refractivity contribution in [2.45, 2.75) is 52.7 Å². The standard InChI is InChI=1S/C12H25NO2S/c1-7-8-16-9-10(2)13(6)11(14)15-12(3,4)5/h10H,7-9H2,1-6H3. The topological polar surface area (TPSA) is 29.5 Å². The fraction of sp³-hybridized carbons (Fsp3) is 0.917. The maximum Gasteiger partial charge on any atom is 0.410 e. The predicted octanol–water partition coefficient (Wildman–Crippen LogP) is 3.39. The van der Waals surface area contributed by atoms with Crippen LogP contribution in [0.4, 0.5) is 4.79 Å². The third-order valence-electron chi connectivity index (χ3n) is 2.05. The van der Waals surface area contributed by atoms with Gasteiger partial charge in [0.1, 0.15) is 5.60 Å². The molecule has 0 saturated carbocycles. The number of rotatable bonds is 5. The molecule has 96 valence electrons. The van der Waals surface area contributed by atoms with E-state index in [2.05, 4.69) is 6.92 Å². The van der Waals surface area contributed by atoms with Gasteiger partial charge in [0, 0.05) is 18.8 Å². The highest BCUT2D eigenvalue weighted by Crippen LogP contribution is 2.13. The third kappa shape index (κ3) is 6.99. The van der Waals surface area contributed by atoms with E-state index in [9.17, 15) is 4.79 Å². The maximum absolute atomic E-state index is 11.7. The van der Waals surface area contributed by atoms with Gasteiger partial charge in [0.2, 0.25) is 0 Å². The molecule has 0 aromatic rings. The van der Waals surface area contributed by atoms with Crippen LogP contribution >= 0.6 is 11.8 Å². The molecule has 0 radical (unpaired) electrons. The van der Waals surface area contributed by atoms with Gasteiger partial charge < -0.3 is 9.64 Å². The van der Waals surface area contributed by atoms with Crippen LogP contribution < -0.4 is 0 Å². The second kappa shape index (κ2) is 7.05. The fourth-order valence-corrected chi connectivity index (χ4v) is 2.04. The fourth-order valence-electron chi connectivity index (χ4n) is 1.02. The van der Waals surface area contributed by atoms with E-state index in [4.69, 9.17) is 4.74 Å². The van der Waals surface area contributed by atoms with E-state index in [1.807, 2.05) is 39.5 Å². The molecule has 1 unspecified atom stereocenters. The van der Waals surface area contributed by atoms with Crippen LogP contribution in [0.1, 0.15) is 41.0 Å². The molecule has 1 atom stereocenters. The Morgan fingerprint density at radius 2 is 2.00 bits per heavy atom. The zero-order chi connectivity index (χ0) is 12.8. The third-order valence-corrected chi connectivity index (χ3v) is 3.47. The van der Waals surface area contributed by atoms with Crippen molar-refractivity contribution >= 4 is 17.9 Å². The molecular weight excluding hydrogens is 222 g/mol. The molecule has 0 fully saturated rings. The number of hydrogen-bond donors (Lipinski definition) is 0. The van der Waals surface area contributed by atoms with Crippen molar-refractivity contribution < 1.29 is 9.53 Å². The minimum absolute atomic E-state index is 0.214. The summed E-state index contributed by atoms with van der Waals surface area (Å²) in [5.74, 6) is 2.11. The van der Waals surface area contributed by atoms with Crippen LogP contribution in [-0.4, -0.2) is 41.2 Å². The molecule has 0 rings (SSSR count). The molecule has 0 aliphatic heterocycles. The summed E-state index contributed by atoms with van der Waals surface area (Å²) in [6, 6.07) is 0.214. The summed E-state index contributed by atoms with van der Waals surface area (Å²) in [6.45, 7) is 9.86. The molecule has 4 heteroatoms. The highest BCUT2D eigenvalue weighted by atomic mass is 32.2. The Balaban J connectivity index is 4.01. The van der Waals surface area contributed by atoms with Crippen LogP contribution in [0, 0.1) is 0 Å². The van der Waals surface area contributed by atoms with Crippen molar-refractivity contribution in [3.05, 3.63) is 0 Å². The Kier molecular flexibility index (Phi) is 6.88. The summed E-state index contributed by atoms with van der Waals surface area (Å²) < 4.78 is 5.30. The zero-order valence-corrected chi connectivity index (χ0v) is 12.2. The molecule has 3 nitrogen and oxygen atoms in total. The second-order valence-corrected chi connectivity index (χ2v) is 6.17. The summed E-state index contributed by atoms with van der Waals surface area (Å²) in [4.78, 5) is 13.4. The van der Waals surface area contributed by atoms with Crippen LogP contribution in [0.3, 0.4) is 0 Å². The summed E-state index contributed by atoms with van der Waals surface area (Å²) in [5.41, 5.74) is -0.415. The summed E-state index contributed by atoms with van der Waals surface area (Å²) in [7, 11) is 1.80. The minimum atomic E-state index is -0.415. The molecule has 0 aliphatic rings. The first-order chi connectivity index (χ1) is 7.28. The van der Waals surface area contributed by atoms with Crippen molar-refractivity contribution in [2.75, 3.05) is 18.6 Å². The average Bonchev–Trinajstić information content (AvgIpc) is 2.14. The van der Waals surface area contributed by atoms with Gasteiger partial charge in [-0.3, -0.25) is 0 Å². The molecule has 0 aromatic carbocycles. The Morgan fingerprint density at radius 1 is 1.44 bits per heavy atom. The van der Waals surface area contributed by atoms with Crippen molar-refractivity contribution in [3.63, 3.8) is 0 Å². The Labute approximate surface area is 104 Å². The first-order valence-electron chi connectivity index (χ1n) is 5.81. The summed E-state index contributed by atoms with van der Waals surface area (Å²) in [6.07, 6.45) is 0.935. The number of carbonyl (C=O) groups excluding carboxylic acids is 1. The predicted molar refractivity (Wildman–Crippen MR) is 71.1 cm³/mol. The quantitative estimate of drug-likeness (QED) is 0.697. The summed E-state index contributed by atoms with van der Waals surface area (Å²) >= 11 is 1.88. The van der Waals surface area contributed by atoms with Crippen LogP contribution in [0.2, 0.25) is 0 Å². The van der Waals surface area contributed by atoms with E-state index >= 15 is 0 Å². The Morgan fingerprint density at radius 3 is 2.44 bits per heavy atom. The van der Waals surface area contributed by atoms with Gasteiger partial charge in [-0.2, -0.15) is 11.8 Å². The molecular formula is C12H25NO2S. The first kappa shape index (κ1) is 15.6. The van der Waals surface area contributed by atoms with E-state index in [1.54, 1.807) is 11.9 Å². The number of carbonyl (C=O) groups is 1. The maximum atomic E-state index is 11.7. The number of ether oxygens (including phenoxy) is 1. The molecule has 0 N–H and O–H groups in total. The lowest BCUT2D eigenvalue weighted by Crippen LogP contribution is -2.40. The van der Waals surface area contributed by atoms with Crippen molar-refractivity contribution in [1.82, 2.24) is 4.90 Å². The molecule has 0 aromatic heterocycles. The van der Waals surface area contributed by atoms with Crippen molar-refractivity contribution in [3.8, 4) is 0 Å². The van der Waals surface area contributed by atoms with Gasteiger partial charge in [0.25, 0.3) is 0 Å². The van der Waals surface area contributed by atoms with Crippen LogP contribution in [0.15, 0.2) is 0 Å². The molecule has 1 amide bonds. The molecule has 0 aliphatic carbocycles. The molecule has 0 heterocycles. The van der Waals surface area contributed by atoms with Gasteiger partial charge in [-0.1, -0.05) is 6.92 Å².